The van der Waals surface area contributed by atoms with Gasteiger partial charge in [0.2, 0.25) is 0 Å². The topological polar surface area (TPSA) is 38.3 Å². The van der Waals surface area contributed by atoms with Crippen LogP contribution in [0, 0.1) is 11.7 Å². The Labute approximate surface area is 136 Å². The molecule has 1 amide bonds. The van der Waals surface area contributed by atoms with Gasteiger partial charge in [-0.15, -0.1) is 0 Å². The van der Waals surface area contributed by atoms with E-state index in [1.54, 1.807) is 12.1 Å². The Kier molecular flexibility index (Phi) is 5.74. The Balaban J connectivity index is 2.07. The third-order valence-corrected chi connectivity index (χ3v) is 3.56. The van der Waals surface area contributed by atoms with Crippen LogP contribution in [0.4, 0.5) is 4.39 Å². The lowest BCUT2D eigenvalue weighted by Gasteiger charge is -2.12. The van der Waals surface area contributed by atoms with Gasteiger partial charge in [0.25, 0.3) is 5.91 Å². The van der Waals surface area contributed by atoms with Gasteiger partial charge in [-0.05, 0) is 41.7 Å². The Morgan fingerprint density at radius 2 is 1.96 bits per heavy atom. The molecule has 2 rings (SSSR count). The number of benzene rings is 2. The van der Waals surface area contributed by atoms with Crippen molar-refractivity contribution < 1.29 is 13.9 Å². The number of hydrogen-bond donors (Lipinski definition) is 1. The molecule has 0 saturated heterocycles. The van der Waals surface area contributed by atoms with Crippen molar-refractivity contribution in [2.24, 2.45) is 5.92 Å². The zero-order valence-corrected chi connectivity index (χ0v) is 13.7. The van der Waals surface area contributed by atoms with Crippen molar-refractivity contribution in [1.82, 2.24) is 5.32 Å². The molecular weight excluding hydrogens is 293 g/mol. The molecule has 0 aliphatic carbocycles. The number of carbonyl (C=O) groups is 1. The predicted octanol–water partition coefficient (Wildman–Crippen LogP) is 3.96. The number of carbonyl (C=O) groups excluding carboxylic acids is 1. The third kappa shape index (κ3) is 4.55. The van der Waals surface area contributed by atoms with Gasteiger partial charge < -0.3 is 10.1 Å². The molecule has 0 radical (unpaired) electrons. The molecule has 0 aliphatic rings. The summed E-state index contributed by atoms with van der Waals surface area (Å²) >= 11 is 0. The number of hydrogen-bond acceptors (Lipinski definition) is 2. The van der Waals surface area contributed by atoms with Gasteiger partial charge in [-0.2, -0.15) is 0 Å². The Morgan fingerprint density at radius 3 is 2.61 bits per heavy atom. The average Bonchev–Trinajstić information content (AvgIpc) is 2.52. The average molecular weight is 315 g/mol. The van der Waals surface area contributed by atoms with Crippen molar-refractivity contribution >= 4 is 5.91 Å². The highest BCUT2D eigenvalue weighted by Gasteiger charge is 2.12. The summed E-state index contributed by atoms with van der Waals surface area (Å²) in [6.07, 6.45) is 0.848. The Morgan fingerprint density at radius 1 is 1.22 bits per heavy atom. The number of halogens is 1. The molecule has 0 bridgehead atoms. The van der Waals surface area contributed by atoms with E-state index in [0.717, 1.165) is 12.0 Å². The van der Waals surface area contributed by atoms with Crippen LogP contribution in [0.15, 0.2) is 42.5 Å². The maximum Gasteiger partial charge on any atom is 0.251 e. The van der Waals surface area contributed by atoms with Gasteiger partial charge in [0, 0.05) is 12.1 Å². The largest absolute Gasteiger partial charge is 0.494 e. The first kappa shape index (κ1) is 17.0. The molecule has 1 N–H and O–H groups in total. The molecule has 2 aromatic carbocycles. The first-order valence-corrected chi connectivity index (χ1v) is 7.69. The fourth-order valence-corrected chi connectivity index (χ4v) is 2.46. The molecule has 0 aliphatic heterocycles. The zero-order chi connectivity index (χ0) is 16.8. The van der Waals surface area contributed by atoms with Crippen LogP contribution in [0.5, 0.6) is 5.75 Å². The van der Waals surface area contributed by atoms with Crippen molar-refractivity contribution in [3.63, 3.8) is 0 Å². The van der Waals surface area contributed by atoms with E-state index in [0.29, 0.717) is 17.0 Å². The first-order valence-electron chi connectivity index (χ1n) is 7.69. The second-order valence-electron chi connectivity index (χ2n) is 5.91. The minimum atomic E-state index is -0.431. The smallest absolute Gasteiger partial charge is 0.251 e. The van der Waals surface area contributed by atoms with E-state index in [1.807, 2.05) is 24.3 Å². The molecule has 2 aromatic rings. The second-order valence-corrected chi connectivity index (χ2v) is 5.91. The standard InChI is InChI=1S/C19H22FNO2/c1-13(2)10-15-6-4-5-7-16(15)19(22)21-12-14-8-9-18(23-3)17(20)11-14/h4-9,11,13H,10,12H2,1-3H3,(H,21,22). The first-order chi connectivity index (χ1) is 11.0. The normalized spacial score (nSPS) is 10.7. The molecule has 23 heavy (non-hydrogen) atoms. The second kappa shape index (κ2) is 7.77. The van der Waals surface area contributed by atoms with Gasteiger partial charge in [-0.25, -0.2) is 4.39 Å². The fraction of sp³-hybridized carbons (Fsp3) is 0.316. The minimum Gasteiger partial charge on any atom is -0.494 e. The van der Waals surface area contributed by atoms with E-state index in [4.69, 9.17) is 4.74 Å². The highest BCUT2D eigenvalue weighted by molar-refractivity contribution is 5.95. The third-order valence-electron chi connectivity index (χ3n) is 3.56. The molecule has 3 nitrogen and oxygen atoms in total. The maximum atomic E-state index is 13.7. The van der Waals surface area contributed by atoms with Gasteiger partial charge in [-0.1, -0.05) is 38.1 Å². The Hall–Kier alpha value is -2.36. The van der Waals surface area contributed by atoms with Gasteiger partial charge in [-0.3, -0.25) is 4.79 Å². The van der Waals surface area contributed by atoms with Crippen LogP contribution in [0.3, 0.4) is 0 Å². The van der Waals surface area contributed by atoms with E-state index in [2.05, 4.69) is 19.2 Å². The van der Waals surface area contributed by atoms with Crippen LogP contribution in [0.25, 0.3) is 0 Å². The van der Waals surface area contributed by atoms with Crippen LogP contribution in [-0.4, -0.2) is 13.0 Å². The fourth-order valence-electron chi connectivity index (χ4n) is 2.46. The van der Waals surface area contributed by atoms with Gasteiger partial charge in [0.05, 0.1) is 7.11 Å². The van der Waals surface area contributed by atoms with Crippen molar-refractivity contribution in [3.8, 4) is 5.75 Å². The van der Waals surface area contributed by atoms with Crippen LogP contribution in [0.2, 0.25) is 0 Å². The zero-order valence-electron chi connectivity index (χ0n) is 13.7. The summed E-state index contributed by atoms with van der Waals surface area (Å²) in [5.74, 6) is 0.0962. The van der Waals surface area contributed by atoms with Gasteiger partial charge >= 0.3 is 0 Å². The molecule has 0 fully saturated rings. The molecule has 4 heteroatoms. The number of methoxy groups -OCH3 is 1. The van der Waals surface area contributed by atoms with E-state index in [-0.39, 0.29) is 18.2 Å². The van der Waals surface area contributed by atoms with E-state index in [9.17, 15) is 9.18 Å². The van der Waals surface area contributed by atoms with Crippen LogP contribution >= 0.6 is 0 Å². The number of ether oxygens (including phenoxy) is 1. The highest BCUT2D eigenvalue weighted by Crippen LogP contribution is 2.18. The number of rotatable bonds is 6. The molecule has 122 valence electrons. The SMILES string of the molecule is COc1ccc(CNC(=O)c2ccccc2CC(C)C)cc1F. The molecule has 0 aromatic heterocycles. The predicted molar refractivity (Wildman–Crippen MR) is 89.1 cm³/mol. The molecule has 0 heterocycles. The summed E-state index contributed by atoms with van der Waals surface area (Å²) in [7, 11) is 1.42. The molecular formula is C19H22FNO2. The summed E-state index contributed by atoms with van der Waals surface area (Å²) in [6.45, 7) is 4.51. The lowest BCUT2D eigenvalue weighted by Crippen LogP contribution is -2.24. The summed E-state index contributed by atoms with van der Waals surface area (Å²) in [5, 5.41) is 2.85. The molecule has 0 spiro atoms. The van der Waals surface area contributed by atoms with Crippen LogP contribution in [0.1, 0.15) is 35.3 Å². The van der Waals surface area contributed by atoms with Crippen molar-refractivity contribution in [1.29, 1.82) is 0 Å². The summed E-state index contributed by atoms with van der Waals surface area (Å²) in [6, 6.07) is 12.3. The number of nitrogens with one attached hydrogen (secondary N) is 1. The molecule has 0 saturated carbocycles. The maximum absolute atomic E-state index is 13.7. The van der Waals surface area contributed by atoms with Crippen molar-refractivity contribution in [3.05, 3.63) is 65.0 Å². The van der Waals surface area contributed by atoms with Crippen molar-refractivity contribution in [2.45, 2.75) is 26.8 Å². The van der Waals surface area contributed by atoms with Crippen molar-refractivity contribution in [2.75, 3.05) is 7.11 Å². The van der Waals surface area contributed by atoms with Gasteiger partial charge in [0.1, 0.15) is 0 Å². The Bertz CT molecular complexity index is 683. The molecule has 0 unspecified atom stereocenters. The number of amides is 1. The minimum absolute atomic E-state index is 0.141. The summed E-state index contributed by atoms with van der Waals surface area (Å²) < 4.78 is 18.6. The summed E-state index contributed by atoms with van der Waals surface area (Å²) in [4.78, 5) is 12.4. The van der Waals surface area contributed by atoms with Gasteiger partial charge in [0.15, 0.2) is 11.6 Å². The van der Waals surface area contributed by atoms with Crippen LogP contribution < -0.4 is 10.1 Å². The monoisotopic (exact) mass is 315 g/mol. The molecule has 0 atom stereocenters. The lowest BCUT2D eigenvalue weighted by molar-refractivity contribution is 0.0950. The van der Waals surface area contributed by atoms with E-state index in [1.165, 1.54) is 13.2 Å². The van der Waals surface area contributed by atoms with E-state index >= 15 is 0 Å². The summed E-state index contributed by atoms with van der Waals surface area (Å²) in [5.41, 5.74) is 2.40. The lowest BCUT2D eigenvalue weighted by atomic mass is 9.97. The quantitative estimate of drug-likeness (QED) is 0.876. The van der Waals surface area contributed by atoms with E-state index < -0.39 is 5.82 Å². The van der Waals surface area contributed by atoms with Crippen LogP contribution in [-0.2, 0) is 13.0 Å². The highest BCUT2D eigenvalue weighted by atomic mass is 19.1.